The summed E-state index contributed by atoms with van der Waals surface area (Å²) in [5.41, 5.74) is 0.902. The number of rotatable bonds is 5. The topological polar surface area (TPSA) is 96.7 Å². The molecule has 2 aliphatic heterocycles. The van der Waals surface area contributed by atoms with Crippen LogP contribution in [0.3, 0.4) is 0 Å². The second-order valence-electron chi connectivity index (χ2n) is 8.27. The number of carboxylic acid groups (broad SMARTS) is 1. The number of alkyl halides is 3. The van der Waals surface area contributed by atoms with Crippen LogP contribution in [0.15, 0.2) is 6.20 Å². The average molecular weight is 446 g/mol. The molecule has 174 valence electrons. The second-order valence-corrected chi connectivity index (χ2v) is 8.27. The van der Waals surface area contributed by atoms with E-state index in [1.807, 2.05) is 0 Å². The Kier molecular flexibility index (Phi) is 7.58. The van der Waals surface area contributed by atoms with Gasteiger partial charge < -0.3 is 19.7 Å². The highest BCUT2D eigenvalue weighted by molar-refractivity contribution is 5.78. The Balaban J connectivity index is 0.000000339. The van der Waals surface area contributed by atoms with Gasteiger partial charge in [0.25, 0.3) is 0 Å². The van der Waals surface area contributed by atoms with E-state index in [0.717, 1.165) is 63.1 Å². The molecule has 0 spiro atoms. The zero-order valence-electron chi connectivity index (χ0n) is 17.5. The van der Waals surface area contributed by atoms with Gasteiger partial charge in [0.15, 0.2) is 0 Å². The number of carbonyl (C=O) groups excluding carboxylic acids is 1. The molecule has 1 aromatic heterocycles. The Hall–Kier alpha value is -2.14. The van der Waals surface area contributed by atoms with Gasteiger partial charge in [-0.05, 0) is 38.5 Å². The zero-order chi connectivity index (χ0) is 22.6. The van der Waals surface area contributed by atoms with Gasteiger partial charge in [-0.2, -0.15) is 13.2 Å². The van der Waals surface area contributed by atoms with Crippen molar-refractivity contribution in [1.29, 1.82) is 0 Å². The standard InChI is InChI=1S/C18H28N4O2.C2HF3O2/c1-13-18-20-15(10-17(23)19-11-14-2-3-14)12-21(18)6-7-22(13)16-4-8-24-9-5-16;3-2(4,5)1(6)7/h12-14,16H,2-11H2,1H3,(H,19,23);(H,6,7). The summed E-state index contributed by atoms with van der Waals surface area (Å²) in [6.07, 6.45) is 2.14. The Morgan fingerprint density at radius 2 is 1.87 bits per heavy atom. The summed E-state index contributed by atoms with van der Waals surface area (Å²) in [6, 6.07) is 0.912. The first kappa shape index (κ1) is 23.5. The first-order valence-corrected chi connectivity index (χ1v) is 10.6. The molecular formula is C20H29F3N4O4. The smallest absolute Gasteiger partial charge is 0.475 e. The molecule has 3 heterocycles. The van der Waals surface area contributed by atoms with Crippen molar-refractivity contribution < 1.29 is 32.6 Å². The normalized spacial score (nSPS) is 22.3. The Morgan fingerprint density at radius 1 is 1.23 bits per heavy atom. The molecule has 1 atom stereocenters. The predicted molar refractivity (Wildman–Crippen MR) is 104 cm³/mol. The molecule has 1 unspecified atom stereocenters. The second kappa shape index (κ2) is 9.99. The molecule has 3 aliphatic rings. The number of nitrogens with one attached hydrogen (secondary N) is 1. The number of imidazole rings is 1. The molecular weight excluding hydrogens is 417 g/mol. The van der Waals surface area contributed by atoms with Crippen molar-refractivity contribution in [2.24, 2.45) is 5.92 Å². The molecule has 8 nitrogen and oxygen atoms in total. The summed E-state index contributed by atoms with van der Waals surface area (Å²) >= 11 is 0. The molecule has 11 heteroatoms. The molecule has 1 saturated heterocycles. The van der Waals surface area contributed by atoms with Gasteiger partial charge >= 0.3 is 12.1 Å². The lowest BCUT2D eigenvalue weighted by Gasteiger charge is -2.41. The minimum Gasteiger partial charge on any atom is -0.475 e. The van der Waals surface area contributed by atoms with Gasteiger partial charge in [-0.1, -0.05) is 0 Å². The van der Waals surface area contributed by atoms with E-state index in [0.29, 0.717) is 18.5 Å². The van der Waals surface area contributed by atoms with Crippen LogP contribution in [0.1, 0.15) is 50.2 Å². The predicted octanol–water partition coefficient (Wildman–Crippen LogP) is 2.14. The summed E-state index contributed by atoms with van der Waals surface area (Å²) in [5, 5.41) is 10.2. The van der Waals surface area contributed by atoms with E-state index in [9.17, 15) is 18.0 Å². The summed E-state index contributed by atoms with van der Waals surface area (Å²) < 4.78 is 39.5. The van der Waals surface area contributed by atoms with Crippen molar-refractivity contribution in [3.05, 3.63) is 17.7 Å². The third-order valence-electron chi connectivity index (χ3n) is 5.86. The third-order valence-corrected chi connectivity index (χ3v) is 5.86. The van der Waals surface area contributed by atoms with Crippen LogP contribution in [0.2, 0.25) is 0 Å². The van der Waals surface area contributed by atoms with E-state index in [2.05, 4.69) is 27.9 Å². The number of carboxylic acids is 1. The van der Waals surface area contributed by atoms with Crippen LogP contribution in [0.5, 0.6) is 0 Å². The first-order valence-electron chi connectivity index (χ1n) is 10.6. The largest absolute Gasteiger partial charge is 0.490 e. The van der Waals surface area contributed by atoms with Gasteiger partial charge in [0.2, 0.25) is 5.91 Å². The van der Waals surface area contributed by atoms with Gasteiger partial charge in [-0.25, -0.2) is 9.78 Å². The molecule has 1 aromatic rings. The van der Waals surface area contributed by atoms with Crippen LogP contribution in [-0.4, -0.2) is 70.0 Å². The van der Waals surface area contributed by atoms with Crippen molar-refractivity contribution in [2.75, 3.05) is 26.3 Å². The Bertz CT molecular complexity index is 773. The molecule has 4 rings (SSSR count). The Morgan fingerprint density at radius 3 is 2.45 bits per heavy atom. The fourth-order valence-corrected chi connectivity index (χ4v) is 3.97. The van der Waals surface area contributed by atoms with E-state index in [1.54, 1.807) is 0 Å². The number of ether oxygens (including phenoxy) is 1. The number of nitrogens with zero attached hydrogens (tertiary/aromatic N) is 3. The molecule has 1 saturated carbocycles. The van der Waals surface area contributed by atoms with Gasteiger partial charge in [-0.3, -0.25) is 9.69 Å². The van der Waals surface area contributed by atoms with Crippen LogP contribution >= 0.6 is 0 Å². The van der Waals surface area contributed by atoms with Crippen molar-refractivity contribution in [3.63, 3.8) is 0 Å². The monoisotopic (exact) mass is 446 g/mol. The van der Waals surface area contributed by atoms with E-state index in [4.69, 9.17) is 19.6 Å². The number of aliphatic carboxylic acids is 1. The van der Waals surface area contributed by atoms with Crippen molar-refractivity contribution >= 4 is 11.9 Å². The van der Waals surface area contributed by atoms with Crippen LogP contribution < -0.4 is 5.32 Å². The molecule has 2 N–H and O–H groups in total. The Labute approximate surface area is 178 Å². The quantitative estimate of drug-likeness (QED) is 0.720. The highest BCUT2D eigenvalue weighted by atomic mass is 19.4. The molecule has 0 bridgehead atoms. The fourth-order valence-electron chi connectivity index (χ4n) is 3.97. The van der Waals surface area contributed by atoms with Gasteiger partial charge in [0.05, 0.1) is 18.2 Å². The third kappa shape index (κ3) is 6.67. The van der Waals surface area contributed by atoms with Crippen molar-refractivity contribution in [1.82, 2.24) is 19.8 Å². The maximum absolute atomic E-state index is 12.1. The van der Waals surface area contributed by atoms with Crippen LogP contribution in [0.4, 0.5) is 13.2 Å². The van der Waals surface area contributed by atoms with Crippen LogP contribution in [0.25, 0.3) is 0 Å². The maximum atomic E-state index is 12.1. The lowest BCUT2D eigenvalue weighted by atomic mass is 10.0. The highest BCUT2D eigenvalue weighted by Gasteiger charge is 2.38. The summed E-state index contributed by atoms with van der Waals surface area (Å²) in [5.74, 6) is -0.825. The lowest BCUT2D eigenvalue weighted by molar-refractivity contribution is -0.192. The maximum Gasteiger partial charge on any atom is 0.490 e. The minimum atomic E-state index is -5.08. The number of amides is 1. The summed E-state index contributed by atoms with van der Waals surface area (Å²) in [4.78, 5) is 28.3. The fraction of sp³-hybridized carbons (Fsp3) is 0.750. The zero-order valence-corrected chi connectivity index (χ0v) is 17.5. The van der Waals surface area contributed by atoms with Crippen molar-refractivity contribution in [3.8, 4) is 0 Å². The van der Waals surface area contributed by atoms with Gasteiger partial charge in [0, 0.05) is 45.1 Å². The van der Waals surface area contributed by atoms with Crippen LogP contribution in [-0.2, 0) is 27.3 Å². The van der Waals surface area contributed by atoms with E-state index in [-0.39, 0.29) is 5.91 Å². The number of hydrogen-bond acceptors (Lipinski definition) is 5. The number of halogens is 3. The molecule has 1 aliphatic carbocycles. The van der Waals surface area contributed by atoms with E-state index < -0.39 is 12.1 Å². The first-order chi connectivity index (χ1) is 14.6. The molecule has 2 fully saturated rings. The van der Waals surface area contributed by atoms with Crippen LogP contribution in [0, 0.1) is 5.92 Å². The average Bonchev–Trinajstić information content (AvgIpc) is 3.46. The summed E-state index contributed by atoms with van der Waals surface area (Å²) in [6.45, 7) is 6.84. The lowest BCUT2D eigenvalue weighted by Crippen LogP contribution is -2.45. The van der Waals surface area contributed by atoms with Gasteiger partial charge in [-0.15, -0.1) is 0 Å². The minimum absolute atomic E-state index is 0.103. The van der Waals surface area contributed by atoms with E-state index in [1.165, 1.54) is 12.8 Å². The molecule has 0 aromatic carbocycles. The SMILES string of the molecule is CC1c2nc(CC(=O)NCC3CC3)cn2CCN1C1CCOCC1.O=C(O)C(F)(F)F. The van der Waals surface area contributed by atoms with Crippen molar-refractivity contribution in [2.45, 2.75) is 63.8 Å². The van der Waals surface area contributed by atoms with Gasteiger partial charge in [0.1, 0.15) is 5.82 Å². The summed E-state index contributed by atoms with van der Waals surface area (Å²) in [7, 11) is 0. The molecule has 31 heavy (non-hydrogen) atoms. The number of fused-ring (bicyclic) bond motifs is 1. The molecule has 0 radical (unpaired) electrons. The highest BCUT2D eigenvalue weighted by Crippen LogP contribution is 2.30. The number of aromatic nitrogens is 2. The molecule has 1 amide bonds. The number of carbonyl (C=O) groups is 2. The van der Waals surface area contributed by atoms with E-state index >= 15 is 0 Å². The number of hydrogen-bond donors (Lipinski definition) is 2.